The van der Waals surface area contributed by atoms with Gasteiger partial charge >= 0.3 is 12.1 Å². The van der Waals surface area contributed by atoms with Crippen LogP contribution < -0.4 is 10.6 Å². The van der Waals surface area contributed by atoms with Crippen LogP contribution in [0.15, 0.2) is 48.5 Å². The molecule has 2 aromatic rings. The highest BCUT2D eigenvalue weighted by Crippen LogP contribution is 2.44. The first-order valence-electron chi connectivity index (χ1n) is 11.5. The minimum atomic E-state index is -1.36. The Kier molecular flexibility index (Phi) is 6.88. The summed E-state index contributed by atoms with van der Waals surface area (Å²) in [5.74, 6) is -1.84. The average molecular weight is 467 g/mol. The quantitative estimate of drug-likeness (QED) is 0.550. The second-order valence-corrected chi connectivity index (χ2v) is 9.23. The second-order valence-electron chi connectivity index (χ2n) is 9.23. The van der Waals surface area contributed by atoms with E-state index in [2.05, 4.69) is 22.8 Å². The van der Waals surface area contributed by atoms with E-state index in [9.17, 15) is 19.5 Å². The van der Waals surface area contributed by atoms with E-state index in [4.69, 9.17) is 9.47 Å². The van der Waals surface area contributed by atoms with Gasteiger partial charge in [0.05, 0.1) is 12.5 Å². The monoisotopic (exact) mass is 466 g/mol. The minimum Gasteiger partial charge on any atom is -0.481 e. The first kappa shape index (κ1) is 23.8. The van der Waals surface area contributed by atoms with Gasteiger partial charge < -0.3 is 25.2 Å². The van der Waals surface area contributed by atoms with Crippen molar-refractivity contribution in [1.29, 1.82) is 0 Å². The molecule has 3 atom stereocenters. The summed E-state index contributed by atoms with van der Waals surface area (Å²) in [5, 5.41) is 14.7. The highest BCUT2D eigenvalue weighted by atomic mass is 16.5. The van der Waals surface area contributed by atoms with Gasteiger partial charge in [0.15, 0.2) is 0 Å². The number of benzene rings is 2. The number of hydrogen-bond donors (Lipinski definition) is 3. The summed E-state index contributed by atoms with van der Waals surface area (Å²) in [5.41, 5.74) is 3.10. The van der Waals surface area contributed by atoms with Crippen molar-refractivity contribution in [3.8, 4) is 11.1 Å². The Balaban J connectivity index is 1.39. The van der Waals surface area contributed by atoms with E-state index in [0.29, 0.717) is 19.3 Å². The second kappa shape index (κ2) is 9.85. The van der Waals surface area contributed by atoms with E-state index in [-0.39, 0.29) is 25.2 Å². The van der Waals surface area contributed by atoms with Crippen molar-refractivity contribution in [2.24, 2.45) is 5.92 Å². The number of carbonyl (C=O) groups is 3. The molecule has 2 aliphatic rings. The molecule has 2 amide bonds. The molecule has 4 rings (SSSR count). The van der Waals surface area contributed by atoms with Crippen LogP contribution in [0.1, 0.15) is 43.2 Å². The lowest BCUT2D eigenvalue weighted by Crippen LogP contribution is -2.61. The van der Waals surface area contributed by atoms with Gasteiger partial charge in [-0.15, -0.1) is 0 Å². The summed E-state index contributed by atoms with van der Waals surface area (Å²) in [6.45, 7) is 1.64. The maximum Gasteiger partial charge on any atom is 0.408 e. The standard InChI is InChI=1S/C26H30N2O6/c1-26(15-33-2,24(31)27-17-12-11-16(13-17)23(29)30)28-25(32)34-14-22-20-9-5-3-7-18(20)19-8-4-6-10-21(19)22/h3-10,16-17,22H,11-15H2,1-2H3,(H,27,31)(H,28,32)(H,29,30)/t16-,17+,26?/m0/s1. The number of carbonyl (C=O) groups excluding carboxylic acids is 2. The molecule has 3 N–H and O–H groups in total. The van der Waals surface area contributed by atoms with E-state index >= 15 is 0 Å². The maximum atomic E-state index is 13.0. The molecule has 1 unspecified atom stereocenters. The minimum absolute atomic E-state index is 0.0574. The normalized spacial score (nSPS) is 20.6. The number of rotatable bonds is 8. The predicted molar refractivity (Wildman–Crippen MR) is 125 cm³/mol. The highest BCUT2D eigenvalue weighted by molar-refractivity contribution is 5.90. The number of amides is 2. The molecule has 8 heteroatoms. The van der Waals surface area contributed by atoms with Crippen LogP contribution in [0.3, 0.4) is 0 Å². The van der Waals surface area contributed by atoms with Crippen LogP contribution in [-0.4, -0.2) is 55.0 Å². The number of fused-ring (bicyclic) bond motifs is 3. The van der Waals surface area contributed by atoms with Gasteiger partial charge in [-0.2, -0.15) is 0 Å². The summed E-state index contributed by atoms with van der Waals surface area (Å²) < 4.78 is 10.8. The number of aliphatic carboxylic acids is 1. The fourth-order valence-electron chi connectivity index (χ4n) is 4.99. The fraction of sp³-hybridized carbons (Fsp3) is 0.423. The lowest BCUT2D eigenvalue weighted by molar-refractivity contribution is -0.141. The van der Waals surface area contributed by atoms with Gasteiger partial charge in [0.1, 0.15) is 12.1 Å². The number of methoxy groups -OCH3 is 1. The summed E-state index contributed by atoms with van der Waals surface area (Å²) >= 11 is 0. The van der Waals surface area contributed by atoms with E-state index in [0.717, 1.165) is 22.3 Å². The Morgan fingerprint density at radius 2 is 1.65 bits per heavy atom. The Bertz CT molecular complexity index is 1040. The lowest BCUT2D eigenvalue weighted by Gasteiger charge is -2.30. The van der Waals surface area contributed by atoms with Gasteiger partial charge in [-0.1, -0.05) is 48.5 Å². The number of alkyl carbamates (subject to hydrolysis) is 1. The molecule has 8 nitrogen and oxygen atoms in total. The topological polar surface area (TPSA) is 114 Å². The number of ether oxygens (including phenoxy) is 2. The van der Waals surface area contributed by atoms with Crippen LogP contribution >= 0.6 is 0 Å². The first-order chi connectivity index (χ1) is 16.3. The van der Waals surface area contributed by atoms with Crippen LogP contribution in [0, 0.1) is 5.92 Å². The molecule has 1 fully saturated rings. The van der Waals surface area contributed by atoms with Gasteiger partial charge in [0.2, 0.25) is 5.91 Å². The van der Waals surface area contributed by atoms with Gasteiger partial charge in [0, 0.05) is 19.1 Å². The molecule has 2 aliphatic carbocycles. The third-order valence-electron chi connectivity index (χ3n) is 6.77. The molecule has 0 spiro atoms. The van der Waals surface area contributed by atoms with Crippen molar-refractivity contribution in [3.05, 3.63) is 59.7 Å². The number of nitrogens with one attached hydrogen (secondary N) is 2. The lowest BCUT2D eigenvalue weighted by atomic mass is 9.98. The van der Waals surface area contributed by atoms with Crippen LogP contribution in [0.4, 0.5) is 4.79 Å². The third-order valence-corrected chi connectivity index (χ3v) is 6.77. The largest absolute Gasteiger partial charge is 0.481 e. The Hall–Kier alpha value is -3.39. The van der Waals surface area contributed by atoms with E-state index in [1.165, 1.54) is 7.11 Å². The molecule has 0 radical (unpaired) electrons. The molecular weight excluding hydrogens is 436 g/mol. The number of hydrogen-bond acceptors (Lipinski definition) is 5. The zero-order valence-electron chi connectivity index (χ0n) is 19.4. The van der Waals surface area contributed by atoms with Crippen molar-refractivity contribution in [2.75, 3.05) is 20.3 Å². The third kappa shape index (κ3) is 4.77. The zero-order valence-corrected chi connectivity index (χ0v) is 19.4. The SMILES string of the molecule is COCC(C)(NC(=O)OCC1c2ccccc2-c2ccccc21)C(=O)N[C@@H]1CC[C@H](C(=O)O)C1. The van der Waals surface area contributed by atoms with Crippen LogP contribution in [-0.2, 0) is 19.1 Å². The van der Waals surface area contributed by atoms with Crippen molar-refractivity contribution in [1.82, 2.24) is 10.6 Å². The van der Waals surface area contributed by atoms with E-state index in [1.54, 1.807) is 6.92 Å². The summed E-state index contributed by atoms with van der Waals surface area (Å²) in [6, 6.07) is 15.9. The molecule has 34 heavy (non-hydrogen) atoms. The van der Waals surface area contributed by atoms with E-state index in [1.807, 2.05) is 36.4 Å². The Morgan fingerprint density at radius 3 is 2.21 bits per heavy atom. The van der Waals surface area contributed by atoms with Crippen molar-refractivity contribution < 1.29 is 29.0 Å². The molecule has 0 aromatic heterocycles. The van der Waals surface area contributed by atoms with Crippen molar-refractivity contribution in [2.45, 2.75) is 43.7 Å². The van der Waals surface area contributed by atoms with Gasteiger partial charge in [0.25, 0.3) is 0 Å². The van der Waals surface area contributed by atoms with Crippen LogP contribution in [0.25, 0.3) is 11.1 Å². The summed E-state index contributed by atoms with van der Waals surface area (Å²) in [6.07, 6.45) is 0.749. The van der Waals surface area contributed by atoms with Crippen molar-refractivity contribution in [3.63, 3.8) is 0 Å². The summed E-state index contributed by atoms with van der Waals surface area (Å²) in [4.78, 5) is 37.0. The number of carboxylic acid groups (broad SMARTS) is 1. The van der Waals surface area contributed by atoms with Gasteiger partial charge in [-0.25, -0.2) is 4.79 Å². The Morgan fingerprint density at radius 1 is 1.03 bits per heavy atom. The Labute approximate surface area is 198 Å². The molecule has 0 bridgehead atoms. The molecule has 0 saturated heterocycles. The number of carboxylic acids is 1. The smallest absolute Gasteiger partial charge is 0.408 e. The molecule has 0 aliphatic heterocycles. The average Bonchev–Trinajstić information content (AvgIpc) is 3.41. The van der Waals surface area contributed by atoms with Gasteiger partial charge in [-0.3, -0.25) is 9.59 Å². The first-order valence-corrected chi connectivity index (χ1v) is 11.5. The zero-order chi connectivity index (χ0) is 24.3. The predicted octanol–water partition coefficient (Wildman–Crippen LogP) is 3.30. The highest BCUT2D eigenvalue weighted by Gasteiger charge is 2.39. The van der Waals surface area contributed by atoms with Crippen molar-refractivity contribution >= 4 is 18.0 Å². The van der Waals surface area contributed by atoms with Crippen LogP contribution in [0.5, 0.6) is 0 Å². The maximum absolute atomic E-state index is 13.0. The molecule has 180 valence electrons. The van der Waals surface area contributed by atoms with Crippen LogP contribution in [0.2, 0.25) is 0 Å². The van der Waals surface area contributed by atoms with Gasteiger partial charge in [-0.05, 0) is 48.4 Å². The molecule has 2 aromatic carbocycles. The fourth-order valence-corrected chi connectivity index (χ4v) is 4.99. The molecule has 1 saturated carbocycles. The molecule has 0 heterocycles. The molecular formula is C26H30N2O6. The van der Waals surface area contributed by atoms with E-state index < -0.39 is 29.4 Å². The summed E-state index contributed by atoms with van der Waals surface area (Å²) in [7, 11) is 1.45.